The first kappa shape index (κ1) is 26.2. The molecule has 0 aliphatic carbocycles. The van der Waals surface area contributed by atoms with E-state index in [0.29, 0.717) is 19.7 Å². The van der Waals surface area contributed by atoms with Gasteiger partial charge in [-0.05, 0) is 64.1 Å². The third kappa shape index (κ3) is 6.88. The Kier molecular flexibility index (Phi) is 9.13. The molecule has 0 atom stereocenters. The summed E-state index contributed by atoms with van der Waals surface area (Å²) in [5, 5.41) is 3.26. The van der Waals surface area contributed by atoms with Crippen LogP contribution in [0.3, 0.4) is 0 Å². The first-order valence-electron chi connectivity index (χ1n) is 12.8. The standard InChI is InChI=1S/C31H36N4O2/c1-4-28(23-9-6-5-7-10-23)31(25-14-17-29-26(21-25)22-33-34-29)24-12-15-27(16-13-24)37-20-19-32-18-8-11-30(36)35(2)3/h5-17,21,32-34H,4,18-20,22H2,1-3H3/b11-8+,31-28+. The van der Waals surface area contributed by atoms with Crippen LogP contribution in [0.25, 0.3) is 11.1 Å². The van der Waals surface area contributed by atoms with E-state index in [4.69, 9.17) is 4.74 Å². The molecule has 192 valence electrons. The summed E-state index contributed by atoms with van der Waals surface area (Å²) in [5.74, 6) is 0.821. The molecule has 3 N–H and O–H groups in total. The van der Waals surface area contributed by atoms with Crippen LogP contribution in [-0.2, 0) is 11.3 Å². The van der Waals surface area contributed by atoms with Crippen LogP contribution in [0, 0.1) is 0 Å². The molecule has 0 spiro atoms. The molecule has 0 aromatic heterocycles. The van der Waals surface area contributed by atoms with Crippen molar-refractivity contribution in [1.29, 1.82) is 0 Å². The van der Waals surface area contributed by atoms with E-state index in [1.165, 1.54) is 33.4 Å². The van der Waals surface area contributed by atoms with Crippen LogP contribution in [0.15, 0.2) is 84.9 Å². The number of rotatable bonds is 11. The molecular weight excluding hydrogens is 460 g/mol. The van der Waals surface area contributed by atoms with Gasteiger partial charge in [0.2, 0.25) is 5.91 Å². The Morgan fingerprint density at radius 2 is 1.76 bits per heavy atom. The van der Waals surface area contributed by atoms with Crippen molar-refractivity contribution in [2.45, 2.75) is 19.9 Å². The molecule has 1 amide bonds. The Labute approximate surface area is 220 Å². The number of anilines is 1. The fourth-order valence-corrected chi connectivity index (χ4v) is 4.38. The summed E-state index contributed by atoms with van der Waals surface area (Å²) in [6, 6.07) is 25.6. The van der Waals surface area contributed by atoms with Gasteiger partial charge in [0.25, 0.3) is 0 Å². The maximum absolute atomic E-state index is 11.6. The van der Waals surface area contributed by atoms with Crippen LogP contribution in [0.4, 0.5) is 5.69 Å². The smallest absolute Gasteiger partial charge is 0.245 e. The molecule has 0 unspecified atom stereocenters. The van der Waals surface area contributed by atoms with Crippen molar-refractivity contribution in [2.24, 2.45) is 0 Å². The Bertz CT molecular complexity index is 1250. The number of carbonyl (C=O) groups is 1. The van der Waals surface area contributed by atoms with Crippen LogP contribution < -0.4 is 20.9 Å². The van der Waals surface area contributed by atoms with Gasteiger partial charge < -0.3 is 20.4 Å². The van der Waals surface area contributed by atoms with E-state index in [1.807, 2.05) is 18.2 Å². The maximum Gasteiger partial charge on any atom is 0.245 e. The summed E-state index contributed by atoms with van der Waals surface area (Å²) in [5.41, 5.74) is 15.0. The Hall–Kier alpha value is -3.87. The van der Waals surface area contributed by atoms with Crippen molar-refractivity contribution in [2.75, 3.05) is 39.2 Å². The molecule has 1 heterocycles. The second-order valence-electron chi connectivity index (χ2n) is 9.14. The summed E-state index contributed by atoms with van der Waals surface area (Å²) >= 11 is 0. The number of benzene rings is 3. The third-order valence-electron chi connectivity index (χ3n) is 6.33. The fourth-order valence-electron chi connectivity index (χ4n) is 4.38. The number of nitrogens with one attached hydrogen (secondary N) is 3. The van der Waals surface area contributed by atoms with Crippen molar-refractivity contribution in [3.63, 3.8) is 0 Å². The van der Waals surface area contributed by atoms with Crippen molar-refractivity contribution >= 4 is 22.7 Å². The number of amides is 1. The van der Waals surface area contributed by atoms with Crippen molar-refractivity contribution in [1.82, 2.24) is 15.6 Å². The van der Waals surface area contributed by atoms with Gasteiger partial charge in [-0.25, -0.2) is 5.43 Å². The summed E-state index contributed by atoms with van der Waals surface area (Å²) in [7, 11) is 3.48. The monoisotopic (exact) mass is 496 g/mol. The zero-order chi connectivity index (χ0) is 26.0. The third-order valence-corrected chi connectivity index (χ3v) is 6.33. The number of hydrogen-bond acceptors (Lipinski definition) is 5. The van der Waals surface area contributed by atoms with Crippen LogP contribution in [0.1, 0.15) is 35.6 Å². The quantitative estimate of drug-likeness (QED) is 0.196. The Balaban J connectivity index is 1.48. The molecule has 1 aliphatic rings. The number of fused-ring (bicyclic) bond motifs is 1. The van der Waals surface area contributed by atoms with E-state index in [9.17, 15) is 4.79 Å². The lowest BCUT2D eigenvalue weighted by atomic mass is 9.87. The molecule has 0 bridgehead atoms. The predicted octanol–water partition coefficient (Wildman–Crippen LogP) is 5.10. The highest BCUT2D eigenvalue weighted by Gasteiger charge is 2.16. The lowest BCUT2D eigenvalue weighted by Gasteiger charge is -2.17. The minimum absolute atomic E-state index is 0.0155. The number of ether oxygens (including phenoxy) is 1. The average molecular weight is 497 g/mol. The molecule has 6 nitrogen and oxygen atoms in total. The number of likely N-dealkylation sites (N-methyl/N-ethyl adjacent to an activating group) is 1. The number of allylic oxidation sites excluding steroid dienone is 1. The SMILES string of the molecule is CC/C(=C(/c1ccc(OCCNC/C=C/C(=O)N(C)C)cc1)c1ccc2c(c1)CNN2)c1ccccc1. The molecule has 4 rings (SSSR count). The first-order chi connectivity index (χ1) is 18.1. The second kappa shape index (κ2) is 12.9. The lowest BCUT2D eigenvalue weighted by Crippen LogP contribution is -2.22. The largest absolute Gasteiger partial charge is 0.492 e. The molecule has 0 saturated heterocycles. The highest BCUT2D eigenvalue weighted by molar-refractivity contribution is 5.99. The molecule has 3 aromatic carbocycles. The second-order valence-corrected chi connectivity index (χ2v) is 9.14. The molecule has 1 aliphatic heterocycles. The average Bonchev–Trinajstić information content (AvgIpc) is 3.40. The summed E-state index contributed by atoms with van der Waals surface area (Å²) in [6.45, 7) is 4.90. The van der Waals surface area contributed by atoms with Crippen LogP contribution in [0.2, 0.25) is 0 Å². The van der Waals surface area contributed by atoms with E-state index in [2.05, 4.69) is 83.8 Å². The van der Waals surface area contributed by atoms with E-state index in [0.717, 1.165) is 24.4 Å². The highest BCUT2D eigenvalue weighted by Crippen LogP contribution is 2.36. The lowest BCUT2D eigenvalue weighted by molar-refractivity contribution is -0.123. The number of hydrazine groups is 1. The van der Waals surface area contributed by atoms with Gasteiger partial charge in [-0.1, -0.05) is 61.5 Å². The van der Waals surface area contributed by atoms with Gasteiger partial charge in [0.15, 0.2) is 0 Å². The minimum atomic E-state index is -0.0155. The number of hydrogen-bond donors (Lipinski definition) is 3. The molecular formula is C31H36N4O2. The summed E-state index contributed by atoms with van der Waals surface area (Å²) in [6.07, 6.45) is 4.32. The zero-order valence-corrected chi connectivity index (χ0v) is 21.9. The van der Waals surface area contributed by atoms with Crippen LogP contribution >= 0.6 is 0 Å². The van der Waals surface area contributed by atoms with Gasteiger partial charge in [0, 0.05) is 39.8 Å². The fraction of sp³-hybridized carbons (Fsp3) is 0.258. The van der Waals surface area contributed by atoms with Crippen LogP contribution in [-0.4, -0.2) is 44.6 Å². The van der Waals surface area contributed by atoms with E-state index < -0.39 is 0 Å². The summed E-state index contributed by atoms with van der Waals surface area (Å²) < 4.78 is 5.95. The van der Waals surface area contributed by atoms with Gasteiger partial charge in [-0.2, -0.15) is 0 Å². The minimum Gasteiger partial charge on any atom is -0.492 e. The normalized spacial score (nSPS) is 13.2. The van der Waals surface area contributed by atoms with Gasteiger partial charge in [-0.15, -0.1) is 0 Å². The molecule has 0 radical (unpaired) electrons. The van der Waals surface area contributed by atoms with Gasteiger partial charge in [0.1, 0.15) is 12.4 Å². The Morgan fingerprint density at radius 1 is 1.00 bits per heavy atom. The predicted molar refractivity (Wildman–Crippen MR) is 152 cm³/mol. The van der Waals surface area contributed by atoms with Gasteiger partial charge in [0.05, 0.1) is 5.69 Å². The highest BCUT2D eigenvalue weighted by atomic mass is 16.5. The van der Waals surface area contributed by atoms with E-state index >= 15 is 0 Å². The first-order valence-corrected chi connectivity index (χ1v) is 12.8. The zero-order valence-electron chi connectivity index (χ0n) is 21.9. The van der Waals surface area contributed by atoms with E-state index in [1.54, 1.807) is 25.1 Å². The Morgan fingerprint density at radius 3 is 2.49 bits per heavy atom. The van der Waals surface area contributed by atoms with Crippen LogP contribution in [0.5, 0.6) is 5.75 Å². The van der Waals surface area contributed by atoms with E-state index in [-0.39, 0.29) is 5.91 Å². The van der Waals surface area contributed by atoms with Crippen molar-refractivity contribution < 1.29 is 9.53 Å². The molecule has 6 heteroatoms. The number of nitrogens with zero attached hydrogens (tertiary/aromatic N) is 1. The topological polar surface area (TPSA) is 65.6 Å². The maximum atomic E-state index is 11.6. The number of carbonyl (C=O) groups excluding carboxylic acids is 1. The molecule has 0 fully saturated rings. The van der Waals surface area contributed by atoms with Crippen molar-refractivity contribution in [3.8, 4) is 5.75 Å². The van der Waals surface area contributed by atoms with Gasteiger partial charge in [-0.3, -0.25) is 4.79 Å². The summed E-state index contributed by atoms with van der Waals surface area (Å²) in [4.78, 5) is 13.1. The molecule has 37 heavy (non-hydrogen) atoms. The van der Waals surface area contributed by atoms with Crippen molar-refractivity contribution in [3.05, 3.63) is 107 Å². The molecule has 3 aromatic rings. The van der Waals surface area contributed by atoms with Gasteiger partial charge >= 0.3 is 0 Å². The molecule has 0 saturated carbocycles.